The van der Waals surface area contributed by atoms with Crippen LogP contribution in [-0.2, 0) is 11.3 Å². The molecule has 2 fully saturated rings. The molecule has 0 unspecified atom stereocenters. The zero-order chi connectivity index (χ0) is 17.2. The van der Waals surface area contributed by atoms with E-state index in [0.29, 0.717) is 18.6 Å². The standard InChI is InChI=1S/C20H27N3O2/c1-2-5-17-13-25-14-18-12-22(8-9-23(17)18)11-16-10-15-6-3-4-7-19(15)21-20(16)24/h3-4,6-7,10,17-18H,2,5,8-9,11-14H2,1H3,(H,21,24)/t17-,18+/m0/s1. The van der Waals surface area contributed by atoms with E-state index in [2.05, 4.69) is 27.8 Å². The van der Waals surface area contributed by atoms with Gasteiger partial charge in [-0.25, -0.2) is 0 Å². The van der Waals surface area contributed by atoms with Crippen LogP contribution in [0.2, 0.25) is 0 Å². The lowest BCUT2D eigenvalue weighted by Gasteiger charge is -2.48. The van der Waals surface area contributed by atoms with Crippen LogP contribution in [0.1, 0.15) is 25.3 Å². The molecule has 1 aromatic carbocycles. The maximum Gasteiger partial charge on any atom is 0.252 e. The molecular weight excluding hydrogens is 314 g/mol. The Morgan fingerprint density at radius 1 is 1.24 bits per heavy atom. The highest BCUT2D eigenvalue weighted by Crippen LogP contribution is 2.22. The smallest absolute Gasteiger partial charge is 0.252 e. The quantitative estimate of drug-likeness (QED) is 0.926. The summed E-state index contributed by atoms with van der Waals surface area (Å²) in [6.45, 7) is 7.70. The van der Waals surface area contributed by atoms with Gasteiger partial charge in [-0.05, 0) is 23.9 Å². The van der Waals surface area contributed by atoms with Gasteiger partial charge in [0.2, 0.25) is 0 Å². The SMILES string of the molecule is CCC[C@H]1COC[C@H]2CN(Cc3cc4ccccc4[nH]c3=O)CCN12. The molecule has 2 atom stereocenters. The van der Waals surface area contributed by atoms with E-state index in [0.717, 1.165) is 49.3 Å². The Morgan fingerprint density at radius 2 is 2.12 bits per heavy atom. The van der Waals surface area contributed by atoms with Gasteiger partial charge in [0.05, 0.1) is 13.2 Å². The number of para-hydroxylation sites is 1. The second-order valence-electron chi connectivity index (χ2n) is 7.32. The van der Waals surface area contributed by atoms with Gasteiger partial charge in [0.1, 0.15) is 0 Å². The number of aromatic nitrogens is 1. The fourth-order valence-corrected chi connectivity index (χ4v) is 4.28. The molecule has 0 aliphatic carbocycles. The first-order chi connectivity index (χ1) is 12.2. The van der Waals surface area contributed by atoms with Crippen molar-refractivity contribution in [3.8, 4) is 0 Å². The van der Waals surface area contributed by atoms with Crippen molar-refractivity contribution in [1.29, 1.82) is 0 Å². The van der Waals surface area contributed by atoms with Gasteiger partial charge in [0.25, 0.3) is 5.56 Å². The average Bonchev–Trinajstić information content (AvgIpc) is 2.63. The molecule has 1 aromatic heterocycles. The number of piperazine rings is 1. The molecule has 4 rings (SSSR count). The minimum Gasteiger partial charge on any atom is -0.378 e. The Hall–Kier alpha value is -1.69. The molecule has 3 heterocycles. The Bertz CT molecular complexity index is 786. The summed E-state index contributed by atoms with van der Waals surface area (Å²) < 4.78 is 5.85. The van der Waals surface area contributed by atoms with Crippen LogP contribution in [0.15, 0.2) is 35.1 Å². The van der Waals surface area contributed by atoms with Crippen molar-refractivity contribution in [2.75, 3.05) is 32.8 Å². The summed E-state index contributed by atoms with van der Waals surface area (Å²) in [5, 5.41) is 1.10. The van der Waals surface area contributed by atoms with Gasteiger partial charge in [-0.15, -0.1) is 0 Å². The molecule has 1 N–H and O–H groups in total. The van der Waals surface area contributed by atoms with Crippen molar-refractivity contribution in [3.63, 3.8) is 0 Å². The lowest BCUT2D eigenvalue weighted by molar-refractivity contribution is -0.0841. The lowest BCUT2D eigenvalue weighted by Crippen LogP contribution is -2.61. The maximum atomic E-state index is 12.4. The van der Waals surface area contributed by atoms with Gasteiger partial charge in [0, 0.05) is 49.3 Å². The first kappa shape index (κ1) is 16.8. The first-order valence-corrected chi connectivity index (χ1v) is 9.41. The highest BCUT2D eigenvalue weighted by molar-refractivity contribution is 5.78. The number of morpholine rings is 1. The minimum atomic E-state index is 0.0323. The van der Waals surface area contributed by atoms with Crippen LogP contribution in [0.25, 0.3) is 10.9 Å². The van der Waals surface area contributed by atoms with Crippen molar-refractivity contribution in [3.05, 3.63) is 46.2 Å². The predicted molar refractivity (Wildman–Crippen MR) is 99.9 cm³/mol. The third-order valence-electron chi connectivity index (χ3n) is 5.55. The molecule has 2 saturated heterocycles. The number of ether oxygens (including phenoxy) is 1. The van der Waals surface area contributed by atoms with Crippen LogP contribution in [0, 0.1) is 0 Å². The van der Waals surface area contributed by atoms with Gasteiger partial charge in [-0.3, -0.25) is 14.6 Å². The van der Waals surface area contributed by atoms with Crippen LogP contribution >= 0.6 is 0 Å². The largest absolute Gasteiger partial charge is 0.378 e. The fourth-order valence-electron chi connectivity index (χ4n) is 4.28. The molecule has 2 aliphatic heterocycles. The Labute approximate surface area is 148 Å². The summed E-state index contributed by atoms with van der Waals surface area (Å²) in [6, 6.07) is 11.0. The number of H-pyrrole nitrogens is 1. The van der Waals surface area contributed by atoms with E-state index < -0.39 is 0 Å². The molecule has 2 aliphatic rings. The van der Waals surface area contributed by atoms with Gasteiger partial charge in [-0.2, -0.15) is 0 Å². The molecular formula is C20H27N3O2. The number of hydrogen-bond donors (Lipinski definition) is 1. The zero-order valence-corrected chi connectivity index (χ0v) is 14.9. The zero-order valence-electron chi connectivity index (χ0n) is 14.9. The van der Waals surface area contributed by atoms with Crippen molar-refractivity contribution in [2.24, 2.45) is 0 Å². The molecule has 0 radical (unpaired) electrons. The fraction of sp³-hybridized carbons (Fsp3) is 0.550. The number of nitrogens with zero attached hydrogens (tertiary/aromatic N) is 2. The highest BCUT2D eigenvalue weighted by Gasteiger charge is 2.35. The Kier molecular flexibility index (Phi) is 4.88. The normalized spacial score (nSPS) is 25.2. The number of fused-ring (bicyclic) bond motifs is 2. The number of rotatable bonds is 4. The van der Waals surface area contributed by atoms with Crippen molar-refractivity contribution in [2.45, 2.75) is 38.4 Å². The molecule has 25 heavy (non-hydrogen) atoms. The van der Waals surface area contributed by atoms with E-state index in [4.69, 9.17) is 4.74 Å². The Balaban J connectivity index is 1.48. The van der Waals surface area contributed by atoms with E-state index in [1.54, 1.807) is 0 Å². The summed E-state index contributed by atoms with van der Waals surface area (Å²) in [6.07, 6.45) is 2.41. The van der Waals surface area contributed by atoms with Crippen LogP contribution in [0.4, 0.5) is 0 Å². The minimum absolute atomic E-state index is 0.0323. The first-order valence-electron chi connectivity index (χ1n) is 9.41. The number of aromatic amines is 1. The second kappa shape index (κ2) is 7.28. The summed E-state index contributed by atoms with van der Waals surface area (Å²) >= 11 is 0. The third kappa shape index (κ3) is 3.50. The van der Waals surface area contributed by atoms with Gasteiger partial charge in [0.15, 0.2) is 0 Å². The van der Waals surface area contributed by atoms with E-state index in [9.17, 15) is 4.79 Å². The molecule has 2 aromatic rings. The summed E-state index contributed by atoms with van der Waals surface area (Å²) in [7, 11) is 0. The topological polar surface area (TPSA) is 48.6 Å². The molecule has 0 saturated carbocycles. The third-order valence-corrected chi connectivity index (χ3v) is 5.55. The van der Waals surface area contributed by atoms with Crippen molar-refractivity contribution in [1.82, 2.24) is 14.8 Å². The Morgan fingerprint density at radius 3 is 3.00 bits per heavy atom. The van der Waals surface area contributed by atoms with Crippen LogP contribution < -0.4 is 5.56 Å². The van der Waals surface area contributed by atoms with E-state index >= 15 is 0 Å². The number of pyridine rings is 1. The van der Waals surface area contributed by atoms with E-state index in [-0.39, 0.29) is 5.56 Å². The summed E-state index contributed by atoms with van der Waals surface area (Å²) in [4.78, 5) is 20.5. The highest BCUT2D eigenvalue weighted by atomic mass is 16.5. The lowest BCUT2D eigenvalue weighted by atomic mass is 10.0. The molecule has 0 spiro atoms. The maximum absolute atomic E-state index is 12.4. The molecule has 5 heteroatoms. The van der Waals surface area contributed by atoms with Crippen LogP contribution in [0.5, 0.6) is 0 Å². The molecule has 134 valence electrons. The van der Waals surface area contributed by atoms with Crippen LogP contribution in [-0.4, -0.2) is 59.7 Å². The van der Waals surface area contributed by atoms with Crippen LogP contribution in [0.3, 0.4) is 0 Å². The predicted octanol–water partition coefficient (Wildman–Crippen LogP) is 2.21. The van der Waals surface area contributed by atoms with Gasteiger partial charge < -0.3 is 9.72 Å². The summed E-state index contributed by atoms with van der Waals surface area (Å²) in [5.74, 6) is 0. The van der Waals surface area contributed by atoms with Gasteiger partial charge in [-0.1, -0.05) is 31.5 Å². The second-order valence-corrected chi connectivity index (χ2v) is 7.32. The van der Waals surface area contributed by atoms with Crippen molar-refractivity contribution >= 4 is 10.9 Å². The van der Waals surface area contributed by atoms with E-state index in [1.807, 2.05) is 24.3 Å². The number of hydrogen-bond acceptors (Lipinski definition) is 4. The average molecular weight is 341 g/mol. The molecule has 0 bridgehead atoms. The van der Waals surface area contributed by atoms with E-state index in [1.165, 1.54) is 12.8 Å². The molecule has 0 amide bonds. The number of nitrogens with one attached hydrogen (secondary N) is 1. The monoisotopic (exact) mass is 341 g/mol. The van der Waals surface area contributed by atoms with Gasteiger partial charge >= 0.3 is 0 Å². The number of benzene rings is 1. The van der Waals surface area contributed by atoms with Crippen molar-refractivity contribution < 1.29 is 4.74 Å². The molecule has 5 nitrogen and oxygen atoms in total. The summed E-state index contributed by atoms with van der Waals surface area (Å²) in [5.41, 5.74) is 1.79.